The van der Waals surface area contributed by atoms with Crippen LogP contribution in [0.15, 0.2) is 30.3 Å². The normalized spacial score (nSPS) is 16.4. The van der Waals surface area contributed by atoms with Crippen LogP contribution in [0.2, 0.25) is 0 Å². The molecule has 0 radical (unpaired) electrons. The van der Waals surface area contributed by atoms with Crippen molar-refractivity contribution in [3.05, 3.63) is 35.9 Å². The molecule has 4 heteroatoms. The number of carbonyl (C=O) groups is 1. The third-order valence-electron chi connectivity index (χ3n) is 3.23. The molecule has 0 saturated carbocycles. The van der Waals surface area contributed by atoms with Gasteiger partial charge >= 0.3 is 0 Å². The highest BCUT2D eigenvalue weighted by atomic mass is 32.1. The van der Waals surface area contributed by atoms with E-state index in [1.165, 1.54) is 0 Å². The van der Waals surface area contributed by atoms with Crippen molar-refractivity contribution in [1.29, 1.82) is 0 Å². The van der Waals surface area contributed by atoms with Crippen molar-refractivity contribution >= 4 is 23.1 Å². The molecule has 1 aromatic carbocycles. The summed E-state index contributed by atoms with van der Waals surface area (Å²) in [6, 6.07) is 9.90. The largest absolute Gasteiger partial charge is 0.358 e. The maximum atomic E-state index is 12.0. The summed E-state index contributed by atoms with van der Waals surface area (Å²) >= 11 is 5.22. The number of likely N-dealkylation sites (tertiary alicyclic amines) is 1. The second-order valence-corrected chi connectivity index (χ2v) is 4.99. The van der Waals surface area contributed by atoms with Crippen molar-refractivity contribution < 1.29 is 4.79 Å². The molecule has 1 aliphatic heterocycles. The van der Waals surface area contributed by atoms with Gasteiger partial charge in [-0.15, -0.1) is 0 Å². The minimum absolute atomic E-state index is 0.0146. The van der Waals surface area contributed by atoms with Gasteiger partial charge in [-0.2, -0.15) is 0 Å². The Kier molecular flexibility index (Phi) is 4.31. The molecule has 0 unspecified atom stereocenters. The number of carbonyl (C=O) groups excluding carboxylic acids is 1. The van der Waals surface area contributed by atoms with Gasteiger partial charge in [0, 0.05) is 13.1 Å². The fourth-order valence-corrected chi connectivity index (χ4v) is 2.39. The Labute approximate surface area is 113 Å². The van der Waals surface area contributed by atoms with Crippen LogP contribution in [-0.4, -0.2) is 28.9 Å². The monoisotopic (exact) mass is 262 g/mol. The Morgan fingerprint density at radius 3 is 2.50 bits per heavy atom. The maximum Gasteiger partial charge on any atom is 0.279 e. The molecule has 1 amide bonds. The molecule has 1 heterocycles. The van der Waals surface area contributed by atoms with E-state index in [1.54, 1.807) is 0 Å². The first-order valence-electron chi connectivity index (χ1n) is 6.33. The quantitative estimate of drug-likeness (QED) is 0.830. The van der Waals surface area contributed by atoms with Crippen LogP contribution in [0, 0.1) is 0 Å². The van der Waals surface area contributed by atoms with E-state index in [-0.39, 0.29) is 11.9 Å². The van der Waals surface area contributed by atoms with Crippen LogP contribution in [0.25, 0.3) is 0 Å². The molecule has 0 aliphatic carbocycles. The number of nitrogens with zero attached hydrogens (tertiary/aromatic N) is 1. The summed E-state index contributed by atoms with van der Waals surface area (Å²) in [5.41, 5.74) is 1.09. The molecule has 1 aliphatic rings. The zero-order chi connectivity index (χ0) is 13.0. The molecule has 0 aromatic heterocycles. The first-order chi connectivity index (χ1) is 8.68. The predicted octanol–water partition coefficient (Wildman–Crippen LogP) is 2.29. The predicted molar refractivity (Wildman–Crippen MR) is 76.4 cm³/mol. The Bertz CT molecular complexity index is 427. The molecule has 0 spiro atoms. The molecule has 2 rings (SSSR count). The third kappa shape index (κ3) is 3.07. The number of hydrogen-bond acceptors (Lipinski definition) is 2. The Morgan fingerprint density at radius 1 is 1.28 bits per heavy atom. The molecule has 1 aromatic rings. The molecular weight excluding hydrogens is 244 g/mol. The van der Waals surface area contributed by atoms with Gasteiger partial charge in [-0.05, 0) is 25.3 Å². The minimum atomic E-state index is -0.136. The summed E-state index contributed by atoms with van der Waals surface area (Å²) in [6.45, 7) is 3.79. The standard InChI is InChI=1S/C14H18N2OS/c1-11(12-7-3-2-4-8-12)15-13(17)14(18)16-9-5-6-10-16/h2-4,7-8,11H,5-6,9-10H2,1H3,(H,15,17)/t11-/m1/s1. The van der Waals surface area contributed by atoms with Crippen molar-refractivity contribution in [2.24, 2.45) is 0 Å². The van der Waals surface area contributed by atoms with Crippen LogP contribution >= 0.6 is 12.2 Å². The Hall–Kier alpha value is -1.42. The summed E-state index contributed by atoms with van der Waals surface area (Å²) in [5.74, 6) is -0.136. The molecule has 1 atom stereocenters. The van der Waals surface area contributed by atoms with Crippen molar-refractivity contribution in [2.75, 3.05) is 13.1 Å². The van der Waals surface area contributed by atoms with Crippen LogP contribution in [0.1, 0.15) is 31.4 Å². The number of amides is 1. The smallest absolute Gasteiger partial charge is 0.279 e. The lowest BCUT2D eigenvalue weighted by atomic mass is 10.1. The zero-order valence-corrected chi connectivity index (χ0v) is 11.4. The summed E-state index contributed by atoms with van der Waals surface area (Å²) in [7, 11) is 0. The van der Waals surface area contributed by atoms with E-state index in [9.17, 15) is 4.79 Å². The van der Waals surface area contributed by atoms with Gasteiger partial charge in [0.2, 0.25) is 0 Å². The number of benzene rings is 1. The van der Waals surface area contributed by atoms with Gasteiger partial charge in [-0.25, -0.2) is 0 Å². The lowest BCUT2D eigenvalue weighted by Gasteiger charge is -2.20. The molecule has 0 bridgehead atoms. The maximum absolute atomic E-state index is 12.0. The number of rotatable bonds is 2. The van der Waals surface area contributed by atoms with Crippen molar-refractivity contribution in [3.8, 4) is 0 Å². The summed E-state index contributed by atoms with van der Waals surface area (Å²) in [5, 5.41) is 2.95. The number of hydrogen-bond donors (Lipinski definition) is 1. The van der Waals surface area contributed by atoms with Crippen molar-refractivity contribution in [1.82, 2.24) is 10.2 Å². The van der Waals surface area contributed by atoms with E-state index in [2.05, 4.69) is 5.32 Å². The molecule has 1 saturated heterocycles. The van der Waals surface area contributed by atoms with Crippen LogP contribution in [-0.2, 0) is 4.79 Å². The van der Waals surface area contributed by atoms with E-state index in [0.717, 1.165) is 31.5 Å². The van der Waals surface area contributed by atoms with Crippen molar-refractivity contribution in [2.45, 2.75) is 25.8 Å². The Balaban J connectivity index is 1.92. The van der Waals surface area contributed by atoms with Gasteiger partial charge in [-0.3, -0.25) is 4.79 Å². The SMILES string of the molecule is C[C@@H](NC(=O)C(=S)N1CCCC1)c1ccccc1. The van der Waals surface area contributed by atoms with E-state index in [4.69, 9.17) is 12.2 Å². The zero-order valence-electron chi connectivity index (χ0n) is 10.6. The van der Waals surface area contributed by atoms with Gasteiger partial charge in [0.1, 0.15) is 0 Å². The van der Waals surface area contributed by atoms with E-state index >= 15 is 0 Å². The van der Waals surface area contributed by atoms with E-state index < -0.39 is 0 Å². The van der Waals surface area contributed by atoms with Gasteiger partial charge < -0.3 is 10.2 Å². The molecule has 96 valence electrons. The fourth-order valence-electron chi connectivity index (χ4n) is 2.15. The highest BCUT2D eigenvalue weighted by molar-refractivity contribution is 7.82. The molecule has 18 heavy (non-hydrogen) atoms. The lowest BCUT2D eigenvalue weighted by molar-refractivity contribution is -0.115. The fraction of sp³-hybridized carbons (Fsp3) is 0.429. The first kappa shape index (κ1) is 13.0. The van der Waals surface area contributed by atoms with Crippen LogP contribution in [0.4, 0.5) is 0 Å². The Morgan fingerprint density at radius 2 is 1.89 bits per heavy atom. The van der Waals surface area contributed by atoms with Crippen LogP contribution < -0.4 is 5.32 Å². The average Bonchev–Trinajstić information content (AvgIpc) is 2.92. The van der Waals surface area contributed by atoms with Crippen molar-refractivity contribution in [3.63, 3.8) is 0 Å². The highest BCUT2D eigenvalue weighted by Crippen LogP contribution is 2.13. The third-order valence-corrected chi connectivity index (χ3v) is 3.68. The molecule has 1 N–H and O–H groups in total. The second-order valence-electron chi connectivity index (χ2n) is 4.61. The lowest BCUT2D eigenvalue weighted by Crippen LogP contribution is -2.41. The minimum Gasteiger partial charge on any atom is -0.358 e. The van der Waals surface area contributed by atoms with Crippen LogP contribution in [0.3, 0.4) is 0 Å². The number of nitrogens with one attached hydrogen (secondary N) is 1. The topological polar surface area (TPSA) is 32.3 Å². The van der Waals surface area contributed by atoms with E-state index in [0.29, 0.717) is 4.99 Å². The second kappa shape index (κ2) is 5.96. The summed E-state index contributed by atoms with van der Waals surface area (Å²) in [4.78, 5) is 14.4. The van der Waals surface area contributed by atoms with Gasteiger partial charge in [0.15, 0.2) is 4.99 Å². The number of thiocarbonyl (C=S) groups is 1. The molecule has 1 fully saturated rings. The van der Waals surface area contributed by atoms with Gasteiger partial charge in [0.05, 0.1) is 6.04 Å². The summed E-state index contributed by atoms with van der Waals surface area (Å²) in [6.07, 6.45) is 2.25. The average molecular weight is 262 g/mol. The summed E-state index contributed by atoms with van der Waals surface area (Å²) < 4.78 is 0. The molecule has 3 nitrogen and oxygen atoms in total. The van der Waals surface area contributed by atoms with Gasteiger partial charge in [0.25, 0.3) is 5.91 Å². The van der Waals surface area contributed by atoms with E-state index in [1.807, 2.05) is 42.2 Å². The molecular formula is C14H18N2OS. The highest BCUT2D eigenvalue weighted by Gasteiger charge is 2.21. The van der Waals surface area contributed by atoms with Gasteiger partial charge in [-0.1, -0.05) is 42.5 Å². The first-order valence-corrected chi connectivity index (χ1v) is 6.74. The van der Waals surface area contributed by atoms with Crippen LogP contribution in [0.5, 0.6) is 0 Å².